The Hall–Kier alpha value is -1.79. The van der Waals surface area contributed by atoms with Crippen molar-refractivity contribution in [2.75, 3.05) is 13.6 Å². The highest BCUT2D eigenvalue weighted by atomic mass is 32.1. The standard InChI is InChI=1S/C15H19N3O2S/c1-3-4-9-18(2)10-12-17-13(14(21-12)15(19)20)11-7-5-6-8-16-11/h5-8H,3-4,9-10H2,1-2H3,(H,19,20). The molecule has 0 aliphatic carbocycles. The molecule has 0 bridgehead atoms. The van der Waals surface area contributed by atoms with Gasteiger partial charge in [-0.2, -0.15) is 0 Å². The molecule has 6 heteroatoms. The molecule has 5 nitrogen and oxygen atoms in total. The molecule has 21 heavy (non-hydrogen) atoms. The number of pyridine rings is 1. The lowest BCUT2D eigenvalue weighted by atomic mass is 10.2. The third-order valence-electron chi connectivity index (χ3n) is 3.07. The lowest BCUT2D eigenvalue weighted by Gasteiger charge is -2.13. The summed E-state index contributed by atoms with van der Waals surface area (Å²) in [6.07, 6.45) is 3.91. The van der Waals surface area contributed by atoms with Crippen LogP contribution in [0.25, 0.3) is 11.4 Å². The van der Waals surface area contributed by atoms with Crippen LogP contribution < -0.4 is 0 Å². The van der Waals surface area contributed by atoms with E-state index in [0.717, 1.165) is 24.4 Å². The number of hydrogen-bond acceptors (Lipinski definition) is 5. The minimum absolute atomic E-state index is 0.257. The van der Waals surface area contributed by atoms with E-state index in [1.807, 2.05) is 13.1 Å². The molecular weight excluding hydrogens is 286 g/mol. The number of hydrogen-bond donors (Lipinski definition) is 1. The molecule has 112 valence electrons. The van der Waals surface area contributed by atoms with Gasteiger partial charge in [-0.1, -0.05) is 19.4 Å². The van der Waals surface area contributed by atoms with Crippen molar-refractivity contribution < 1.29 is 9.90 Å². The van der Waals surface area contributed by atoms with Crippen LogP contribution >= 0.6 is 11.3 Å². The van der Waals surface area contributed by atoms with Gasteiger partial charge in [-0.3, -0.25) is 9.88 Å². The number of carboxylic acid groups (broad SMARTS) is 1. The number of rotatable bonds is 7. The Kier molecular flexibility index (Phi) is 5.41. The molecule has 0 saturated heterocycles. The number of carboxylic acids is 1. The zero-order valence-electron chi connectivity index (χ0n) is 12.2. The SMILES string of the molecule is CCCCN(C)Cc1nc(-c2ccccn2)c(C(=O)O)s1. The first-order valence-electron chi connectivity index (χ1n) is 6.94. The van der Waals surface area contributed by atoms with E-state index in [4.69, 9.17) is 0 Å². The van der Waals surface area contributed by atoms with Crippen molar-refractivity contribution in [1.82, 2.24) is 14.9 Å². The first kappa shape index (κ1) is 15.6. The molecule has 0 aromatic carbocycles. The summed E-state index contributed by atoms with van der Waals surface area (Å²) < 4.78 is 0. The van der Waals surface area contributed by atoms with Gasteiger partial charge in [0.2, 0.25) is 0 Å². The molecule has 0 spiro atoms. The highest BCUT2D eigenvalue weighted by molar-refractivity contribution is 7.14. The fourth-order valence-corrected chi connectivity index (χ4v) is 2.98. The van der Waals surface area contributed by atoms with Crippen LogP contribution in [0.5, 0.6) is 0 Å². The van der Waals surface area contributed by atoms with E-state index < -0.39 is 5.97 Å². The van der Waals surface area contributed by atoms with Crippen molar-refractivity contribution in [3.63, 3.8) is 0 Å². The number of unbranched alkanes of at least 4 members (excludes halogenated alkanes) is 1. The van der Waals surface area contributed by atoms with Gasteiger partial charge >= 0.3 is 5.97 Å². The fraction of sp³-hybridized carbons (Fsp3) is 0.400. The molecule has 0 aliphatic rings. The van der Waals surface area contributed by atoms with Crippen molar-refractivity contribution >= 4 is 17.3 Å². The van der Waals surface area contributed by atoms with Crippen LogP contribution in [0.3, 0.4) is 0 Å². The molecule has 2 heterocycles. The molecule has 2 aromatic rings. The number of aromatic nitrogens is 2. The molecule has 0 radical (unpaired) electrons. The van der Waals surface area contributed by atoms with Crippen molar-refractivity contribution in [2.45, 2.75) is 26.3 Å². The Morgan fingerprint density at radius 3 is 2.86 bits per heavy atom. The summed E-state index contributed by atoms with van der Waals surface area (Å²) in [5.41, 5.74) is 1.07. The van der Waals surface area contributed by atoms with Crippen LogP contribution in [0, 0.1) is 0 Å². The topological polar surface area (TPSA) is 66.3 Å². The Morgan fingerprint density at radius 1 is 1.43 bits per heavy atom. The number of aromatic carboxylic acids is 1. The van der Waals surface area contributed by atoms with Gasteiger partial charge in [0.15, 0.2) is 0 Å². The molecule has 1 N–H and O–H groups in total. The lowest BCUT2D eigenvalue weighted by molar-refractivity contribution is 0.0702. The molecule has 0 aliphatic heterocycles. The zero-order valence-corrected chi connectivity index (χ0v) is 13.1. The molecule has 0 unspecified atom stereocenters. The Balaban J connectivity index is 2.24. The second-order valence-electron chi connectivity index (χ2n) is 4.90. The Morgan fingerprint density at radius 2 is 2.24 bits per heavy atom. The zero-order chi connectivity index (χ0) is 15.2. The molecule has 0 amide bonds. The maximum absolute atomic E-state index is 11.4. The van der Waals surface area contributed by atoms with Gasteiger partial charge in [0.05, 0.1) is 12.2 Å². The van der Waals surface area contributed by atoms with E-state index in [1.54, 1.807) is 18.3 Å². The molecule has 0 atom stereocenters. The minimum atomic E-state index is -0.949. The summed E-state index contributed by atoms with van der Waals surface area (Å²) >= 11 is 1.23. The van der Waals surface area contributed by atoms with E-state index in [2.05, 4.69) is 21.8 Å². The summed E-state index contributed by atoms with van der Waals surface area (Å²) in [6, 6.07) is 5.42. The molecular formula is C15H19N3O2S. The largest absolute Gasteiger partial charge is 0.477 e. The fourth-order valence-electron chi connectivity index (χ4n) is 1.99. The maximum Gasteiger partial charge on any atom is 0.348 e. The minimum Gasteiger partial charge on any atom is -0.477 e. The van der Waals surface area contributed by atoms with Crippen LogP contribution in [-0.2, 0) is 6.54 Å². The van der Waals surface area contributed by atoms with E-state index in [-0.39, 0.29) is 4.88 Å². The van der Waals surface area contributed by atoms with Gasteiger partial charge < -0.3 is 5.11 Å². The average Bonchev–Trinajstić information content (AvgIpc) is 2.90. The Labute approximate surface area is 128 Å². The number of thiazole rings is 1. The van der Waals surface area contributed by atoms with Crippen LogP contribution in [-0.4, -0.2) is 39.5 Å². The van der Waals surface area contributed by atoms with E-state index in [0.29, 0.717) is 17.9 Å². The average molecular weight is 305 g/mol. The summed E-state index contributed by atoms with van der Waals surface area (Å²) in [7, 11) is 2.03. The van der Waals surface area contributed by atoms with Crippen LogP contribution in [0.1, 0.15) is 34.4 Å². The van der Waals surface area contributed by atoms with E-state index >= 15 is 0 Å². The third-order valence-corrected chi connectivity index (χ3v) is 4.10. The molecule has 2 rings (SSSR count). The summed E-state index contributed by atoms with van der Waals surface area (Å²) in [4.78, 5) is 22.5. The molecule has 2 aromatic heterocycles. The van der Waals surface area contributed by atoms with Crippen molar-refractivity contribution in [3.8, 4) is 11.4 Å². The van der Waals surface area contributed by atoms with Crippen LogP contribution in [0.15, 0.2) is 24.4 Å². The second kappa shape index (κ2) is 7.28. The van der Waals surface area contributed by atoms with E-state index in [9.17, 15) is 9.90 Å². The van der Waals surface area contributed by atoms with Gasteiger partial charge in [0.25, 0.3) is 0 Å². The number of carbonyl (C=O) groups is 1. The smallest absolute Gasteiger partial charge is 0.348 e. The monoisotopic (exact) mass is 305 g/mol. The second-order valence-corrected chi connectivity index (χ2v) is 5.98. The van der Waals surface area contributed by atoms with Crippen molar-refractivity contribution in [3.05, 3.63) is 34.3 Å². The van der Waals surface area contributed by atoms with E-state index in [1.165, 1.54) is 11.3 Å². The third kappa shape index (κ3) is 4.09. The molecule has 0 saturated carbocycles. The summed E-state index contributed by atoms with van der Waals surface area (Å²) in [5, 5.41) is 10.2. The first-order chi connectivity index (χ1) is 10.1. The summed E-state index contributed by atoms with van der Waals surface area (Å²) in [5.74, 6) is -0.949. The maximum atomic E-state index is 11.4. The van der Waals surface area contributed by atoms with Gasteiger partial charge in [0.1, 0.15) is 15.6 Å². The highest BCUT2D eigenvalue weighted by Gasteiger charge is 2.20. The van der Waals surface area contributed by atoms with Gasteiger partial charge in [-0.25, -0.2) is 9.78 Å². The number of nitrogens with zero attached hydrogens (tertiary/aromatic N) is 3. The Bertz CT molecular complexity index is 598. The normalized spacial score (nSPS) is 11.0. The first-order valence-corrected chi connectivity index (χ1v) is 7.76. The van der Waals surface area contributed by atoms with Gasteiger partial charge in [-0.05, 0) is 32.1 Å². The highest BCUT2D eigenvalue weighted by Crippen LogP contribution is 2.27. The van der Waals surface area contributed by atoms with Crippen molar-refractivity contribution in [1.29, 1.82) is 0 Å². The molecule has 0 fully saturated rings. The predicted molar refractivity (Wildman–Crippen MR) is 83.5 cm³/mol. The van der Waals surface area contributed by atoms with Gasteiger partial charge in [-0.15, -0.1) is 11.3 Å². The van der Waals surface area contributed by atoms with Crippen LogP contribution in [0.4, 0.5) is 0 Å². The quantitative estimate of drug-likeness (QED) is 0.851. The predicted octanol–water partition coefficient (Wildman–Crippen LogP) is 3.14. The van der Waals surface area contributed by atoms with Gasteiger partial charge in [0, 0.05) is 6.20 Å². The lowest BCUT2D eigenvalue weighted by Crippen LogP contribution is -2.18. The van der Waals surface area contributed by atoms with Crippen LogP contribution in [0.2, 0.25) is 0 Å². The summed E-state index contributed by atoms with van der Waals surface area (Å²) in [6.45, 7) is 3.80. The van der Waals surface area contributed by atoms with Crippen molar-refractivity contribution in [2.24, 2.45) is 0 Å².